The minimum atomic E-state index is -0.307. The third-order valence-corrected chi connectivity index (χ3v) is 4.60. The van der Waals surface area contributed by atoms with Gasteiger partial charge in [0.2, 0.25) is 5.91 Å². The van der Waals surface area contributed by atoms with Crippen molar-refractivity contribution in [1.29, 1.82) is 0 Å². The second kappa shape index (κ2) is 7.75. The topological polar surface area (TPSA) is 52.6 Å². The molecule has 1 aromatic carbocycles. The van der Waals surface area contributed by atoms with E-state index in [1.165, 1.54) is 11.1 Å². The van der Waals surface area contributed by atoms with Crippen molar-refractivity contribution in [2.45, 2.75) is 58.6 Å². The highest BCUT2D eigenvalue weighted by Gasteiger charge is 2.27. The Kier molecular flexibility index (Phi) is 5.98. The van der Waals surface area contributed by atoms with Gasteiger partial charge < -0.3 is 10.4 Å². The molecular weight excluding hydrogens is 276 g/mol. The lowest BCUT2D eigenvalue weighted by atomic mass is 10.0. The van der Waals surface area contributed by atoms with Gasteiger partial charge in [0.15, 0.2) is 0 Å². The van der Waals surface area contributed by atoms with Crippen molar-refractivity contribution in [2.24, 2.45) is 0 Å². The molecule has 2 rings (SSSR count). The molecule has 2 unspecified atom stereocenters. The van der Waals surface area contributed by atoms with Crippen LogP contribution in [0.15, 0.2) is 18.2 Å². The molecule has 1 amide bonds. The highest BCUT2D eigenvalue weighted by Crippen LogP contribution is 2.23. The van der Waals surface area contributed by atoms with Crippen LogP contribution < -0.4 is 5.32 Å². The Balaban J connectivity index is 2.11. The molecule has 0 saturated carbocycles. The quantitative estimate of drug-likeness (QED) is 0.879. The summed E-state index contributed by atoms with van der Waals surface area (Å²) in [5.41, 5.74) is 3.33. The Bertz CT molecular complexity index is 494. The van der Waals surface area contributed by atoms with Gasteiger partial charge in [0.25, 0.3) is 0 Å². The van der Waals surface area contributed by atoms with E-state index in [-0.39, 0.29) is 18.1 Å². The fourth-order valence-corrected chi connectivity index (χ4v) is 3.13. The van der Waals surface area contributed by atoms with E-state index in [2.05, 4.69) is 42.3 Å². The number of aliphatic hydroxyl groups excluding tert-OH is 1. The number of hydrogen-bond donors (Lipinski definition) is 2. The molecule has 0 aromatic heterocycles. The predicted molar refractivity (Wildman–Crippen MR) is 90.1 cm³/mol. The lowest BCUT2D eigenvalue weighted by Gasteiger charge is -2.34. The van der Waals surface area contributed by atoms with E-state index in [9.17, 15) is 9.90 Å². The molecule has 1 heterocycles. The molecule has 0 aliphatic carbocycles. The number of para-hydroxylation sites is 1. The number of hydrogen-bond acceptors (Lipinski definition) is 3. The van der Waals surface area contributed by atoms with Crippen molar-refractivity contribution in [3.63, 3.8) is 0 Å². The maximum Gasteiger partial charge on any atom is 0.241 e. The number of aliphatic hydroxyl groups is 1. The zero-order valence-corrected chi connectivity index (χ0v) is 13.9. The molecule has 0 radical (unpaired) electrons. The molecule has 4 nitrogen and oxygen atoms in total. The molecule has 0 bridgehead atoms. The zero-order valence-electron chi connectivity index (χ0n) is 13.9. The van der Waals surface area contributed by atoms with Crippen LogP contribution in [0, 0.1) is 0 Å². The number of rotatable bonds is 5. The normalized spacial score (nSPS) is 20.6. The van der Waals surface area contributed by atoms with E-state index in [0.717, 1.165) is 37.9 Å². The number of anilines is 1. The van der Waals surface area contributed by atoms with Crippen LogP contribution in [0.2, 0.25) is 0 Å². The van der Waals surface area contributed by atoms with Gasteiger partial charge in [-0.15, -0.1) is 0 Å². The summed E-state index contributed by atoms with van der Waals surface area (Å²) in [7, 11) is 0. The smallest absolute Gasteiger partial charge is 0.241 e. The number of nitrogens with zero attached hydrogens (tertiary/aromatic N) is 1. The van der Waals surface area contributed by atoms with Crippen molar-refractivity contribution in [1.82, 2.24) is 4.90 Å². The molecule has 1 fully saturated rings. The number of benzene rings is 1. The van der Waals surface area contributed by atoms with Crippen LogP contribution >= 0.6 is 0 Å². The fourth-order valence-electron chi connectivity index (χ4n) is 3.13. The zero-order chi connectivity index (χ0) is 16.1. The Morgan fingerprint density at radius 3 is 2.55 bits per heavy atom. The molecule has 1 aliphatic heterocycles. The Morgan fingerprint density at radius 2 is 2.00 bits per heavy atom. The minimum Gasteiger partial charge on any atom is -0.392 e. The van der Waals surface area contributed by atoms with E-state index in [1.807, 2.05) is 6.92 Å². The van der Waals surface area contributed by atoms with Crippen LogP contribution in [0.25, 0.3) is 0 Å². The predicted octanol–water partition coefficient (Wildman–Crippen LogP) is 2.60. The molecule has 2 N–H and O–H groups in total. The number of β-amino-alcohol motifs (C(OH)–C–C–N with tert-alkyl or cyclic N) is 1. The SMILES string of the molecule is CCc1cccc(CC)c1NC(=O)C(C)N1CCCC(O)C1. The van der Waals surface area contributed by atoms with Gasteiger partial charge in [-0.25, -0.2) is 0 Å². The Labute approximate surface area is 133 Å². The summed E-state index contributed by atoms with van der Waals surface area (Å²) in [4.78, 5) is 14.7. The number of carbonyl (C=O) groups excluding carboxylic acids is 1. The molecule has 2 atom stereocenters. The molecular formula is C18H28N2O2. The number of aryl methyl sites for hydroxylation is 2. The summed E-state index contributed by atoms with van der Waals surface area (Å²) in [5.74, 6) is 0.0182. The fraction of sp³-hybridized carbons (Fsp3) is 0.611. The maximum atomic E-state index is 12.6. The first kappa shape index (κ1) is 17.0. The lowest BCUT2D eigenvalue weighted by Crippen LogP contribution is -2.48. The highest BCUT2D eigenvalue weighted by molar-refractivity contribution is 5.96. The van der Waals surface area contributed by atoms with Crippen molar-refractivity contribution in [3.8, 4) is 0 Å². The minimum absolute atomic E-state index is 0.0182. The summed E-state index contributed by atoms with van der Waals surface area (Å²) in [6.45, 7) is 7.60. The van der Waals surface area contributed by atoms with Gasteiger partial charge in [0.1, 0.15) is 0 Å². The molecule has 1 aromatic rings. The second-order valence-corrected chi connectivity index (χ2v) is 6.11. The highest BCUT2D eigenvalue weighted by atomic mass is 16.3. The number of carbonyl (C=O) groups is 1. The monoisotopic (exact) mass is 304 g/mol. The number of nitrogens with one attached hydrogen (secondary N) is 1. The van der Waals surface area contributed by atoms with Crippen LogP contribution in [0.3, 0.4) is 0 Å². The third kappa shape index (κ3) is 3.87. The largest absolute Gasteiger partial charge is 0.392 e. The van der Waals surface area contributed by atoms with E-state index in [0.29, 0.717) is 6.54 Å². The van der Waals surface area contributed by atoms with Crippen molar-refractivity contribution in [3.05, 3.63) is 29.3 Å². The number of amides is 1. The summed E-state index contributed by atoms with van der Waals surface area (Å²) >= 11 is 0. The van der Waals surface area contributed by atoms with Gasteiger partial charge in [-0.05, 0) is 50.3 Å². The number of piperidine rings is 1. The van der Waals surface area contributed by atoms with Crippen LogP contribution in [-0.2, 0) is 17.6 Å². The first-order valence-electron chi connectivity index (χ1n) is 8.40. The van der Waals surface area contributed by atoms with Gasteiger partial charge in [-0.3, -0.25) is 9.69 Å². The summed E-state index contributed by atoms with van der Waals surface area (Å²) in [6, 6.07) is 5.98. The van der Waals surface area contributed by atoms with E-state index in [4.69, 9.17) is 0 Å². The van der Waals surface area contributed by atoms with Crippen molar-refractivity contribution >= 4 is 11.6 Å². The van der Waals surface area contributed by atoms with Gasteiger partial charge >= 0.3 is 0 Å². The molecule has 0 spiro atoms. The average Bonchev–Trinajstić information content (AvgIpc) is 2.54. The van der Waals surface area contributed by atoms with Gasteiger partial charge in [-0.1, -0.05) is 32.0 Å². The first-order valence-corrected chi connectivity index (χ1v) is 8.40. The van der Waals surface area contributed by atoms with Crippen LogP contribution in [0.1, 0.15) is 44.7 Å². The molecule has 1 aliphatic rings. The Morgan fingerprint density at radius 1 is 1.36 bits per heavy atom. The molecule has 4 heteroatoms. The van der Waals surface area contributed by atoms with Gasteiger partial charge in [-0.2, -0.15) is 0 Å². The Hall–Kier alpha value is -1.39. The molecule has 22 heavy (non-hydrogen) atoms. The van der Waals surface area contributed by atoms with Crippen molar-refractivity contribution < 1.29 is 9.90 Å². The van der Waals surface area contributed by atoms with Crippen LogP contribution in [0.4, 0.5) is 5.69 Å². The van der Waals surface area contributed by atoms with E-state index < -0.39 is 0 Å². The van der Waals surface area contributed by atoms with Crippen molar-refractivity contribution in [2.75, 3.05) is 18.4 Å². The average molecular weight is 304 g/mol. The standard InChI is InChI=1S/C18H28N2O2/c1-4-14-8-6-9-15(5-2)17(14)19-18(22)13(3)20-11-7-10-16(21)12-20/h6,8-9,13,16,21H,4-5,7,10-12H2,1-3H3,(H,19,22). The van der Waals surface area contributed by atoms with E-state index in [1.54, 1.807) is 0 Å². The summed E-state index contributed by atoms with van der Waals surface area (Å²) < 4.78 is 0. The molecule has 122 valence electrons. The summed E-state index contributed by atoms with van der Waals surface area (Å²) in [6.07, 6.45) is 3.28. The third-order valence-electron chi connectivity index (χ3n) is 4.60. The first-order chi connectivity index (χ1) is 10.6. The lowest BCUT2D eigenvalue weighted by molar-refractivity contribution is -0.121. The van der Waals surface area contributed by atoms with Gasteiger partial charge in [0, 0.05) is 12.2 Å². The molecule has 1 saturated heterocycles. The second-order valence-electron chi connectivity index (χ2n) is 6.11. The van der Waals surface area contributed by atoms with Crippen LogP contribution in [0.5, 0.6) is 0 Å². The van der Waals surface area contributed by atoms with Gasteiger partial charge in [0.05, 0.1) is 12.1 Å². The maximum absolute atomic E-state index is 12.6. The number of likely N-dealkylation sites (tertiary alicyclic amines) is 1. The van der Waals surface area contributed by atoms with E-state index >= 15 is 0 Å². The summed E-state index contributed by atoms with van der Waals surface area (Å²) in [5, 5.41) is 12.9. The van der Waals surface area contributed by atoms with Crippen LogP contribution in [-0.4, -0.2) is 41.1 Å².